The minimum Gasteiger partial charge on any atom is -0.747 e. The fourth-order valence-corrected chi connectivity index (χ4v) is 4.55. The summed E-state index contributed by atoms with van der Waals surface area (Å²) in [6, 6.07) is 0. The molecular weight excluding hydrogens is 643 g/mol. The first-order valence-corrected chi connectivity index (χ1v) is 15.2. The van der Waals surface area contributed by atoms with Crippen molar-refractivity contribution in [3.05, 3.63) is 71.4 Å². The van der Waals surface area contributed by atoms with Gasteiger partial charge in [-0.3, -0.25) is 0 Å². The quantitative estimate of drug-likeness (QED) is 0.407. The van der Waals surface area contributed by atoms with E-state index in [4.69, 9.17) is 0 Å². The van der Waals surface area contributed by atoms with Crippen molar-refractivity contribution in [1.29, 1.82) is 0 Å². The first kappa shape index (κ1) is 36.0. The van der Waals surface area contributed by atoms with Crippen LogP contribution in [0.25, 0.3) is 0 Å². The molecule has 13 heteroatoms. The maximum Gasteiger partial charge on any atom is 3.00 e. The SMILES string of the molecule is CC1=CCC(C)(S(=O)(=O)[O-])C=C1.CC1=CCC(C)(S(=O)(=O)[O-])C=C1.CC1=CCC(C)(S(=O)(=O)[O-])C=C1.[In+3]. The van der Waals surface area contributed by atoms with E-state index in [0.717, 1.165) is 16.7 Å². The third-order valence-corrected chi connectivity index (χ3v) is 10.6. The molecule has 0 heterocycles. The smallest absolute Gasteiger partial charge is 0.747 e. The van der Waals surface area contributed by atoms with Gasteiger partial charge >= 0.3 is 25.8 Å². The van der Waals surface area contributed by atoms with Crippen molar-refractivity contribution in [1.82, 2.24) is 0 Å². The van der Waals surface area contributed by atoms with Crippen LogP contribution in [0, 0.1) is 0 Å². The van der Waals surface area contributed by atoms with E-state index in [1.165, 1.54) is 39.0 Å². The number of allylic oxidation sites excluding steroid dienone is 9. The molecule has 3 unspecified atom stereocenters. The maximum absolute atomic E-state index is 10.8. The summed E-state index contributed by atoms with van der Waals surface area (Å²) in [6.45, 7) is 9.92. The maximum atomic E-state index is 10.8. The summed E-state index contributed by atoms with van der Waals surface area (Å²) in [5.41, 5.74) is 2.99. The molecule has 0 radical (unpaired) electrons. The standard InChI is InChI=1S/3C8H12O3S.In/c3*1-7-3-5-8(2,6-4-7)12(9,10)11;/h3*3-5H,6H2,1-2H3,(H,9,10,11);/q;;;+3/p-3. The van der Waals surface area contributed by atoms with Crippen molar-refractivity contribution >= 4 is 56.2 Å². The van der Waals surface area contributed by atoms with Gasteiger partial charge in [-0.1, -0.05) is 71.4 Å². The van der Waals surface area contributed by atoms with E-state index in [9.17, 15) is 38.9 Å². The van der Waals surface area contributed by atoms with E-state index >= 15 is 0 Å². The van der Waals surface area contributed by atoms with Gasteiger partial charge in [0.05, 0.1) is 14.2 Å². The van der Waals surface area contributed by atoms with Crippen LogP contribution in [0.1, 0.15) is 60.8 Å². The normalized spacial score (nSPS) is 29.3. The van der Waals surface area contributed by atoms with Gasteiger partial charge in [0.1, 0.15) is 30.4 Å². The van der Waals surface area contributed by atoms with Crippen LogP contribution < -0.4 is 0 Å². The van der Waals surface area contributed by atoms with Gasteiger partial charge < -0.3 is 13.7 Å². The Morgan fingerprint density at radius 2 is 0.730 bits per heavy atom. The van der Waals surface area contributed by atoms with E-state index in [-0.39, 0.29) is 45.1 Å². The van der Waals surface area contributed by atoms with Crippen LogP contribution >= 0.6 is 0 Å². The molecule has 3 rings (SSSR count). The minimum atomic E-state index is -4.23. The van der Waals surface area contributed by atoms with Crippen LogP contribution in [0.4, 0.5) is 0 Å². The Morgan fingerprint density at radius 3 is 0.838 bits per heavy atom. The van der Waals surface area contributed by atoms with E-state index in [1.807, 2.05) is 20.8 Å². The Bertz CT molecular complexity index is 1180. The van der Waals surface area contributed by atoms with Gasteiger partial charge in [-0.25, -0.2) is 25.3 Å². The van der Waals surface area contributed by atoms with E-state index < -0.39 is 44.6 Å². The molecule has 0 aliphatic heterocycles. The molecule has 3 aliphatic carbocycles. The Kier molecular flexibility index (Phi) is 12.6. The average molecular weight is 677 g/mol. The van der Waals surface area contributed by atoms with Crippen LogP contribution in [-0.4, -0.2) is 79.0 Å². The summed E-state index contributed by atoms with van der Waals surface area (Å²) >= 11 is 0. The minimum absolute atomic E-state index is 0. The van der Waals surface area contributed by atoms with Crippen molar-refractivity contribution in [3.8, 4) is 0 Å². The zero-order valence-corrected chi connectivity index (χ0v) is 27.5. The van der Waals surface area contributed by atoms with Crippen molar-refractivity contribution in [2.75, 3.05) is 0 Å². The molecule has 37 heavy (non-hydrogen) atoms. The van der Waals surface area contributed by atoms with Gasteiger partial charge in [0.2, 0.25) is 0 Å². The molecular formula is C24H33InO9S3. The molecule has 0 aromatic rings. The van der Waals surface area contributed by atoms with Gasteiger partial charge in [-0.15, -0.1) is 0 Å². The molecule has 0 bridgehead atoms. The number of hydrogen-bond acceptors (Lipinski definition) is 9. The van der Waals surface area contributed by atoms with Gasteiger partial charge in [-0.2, -0.15) is 0 Å². The largest absolute Gasteiger partial charge is 3.00 e. The molecule has 0 amide bonds. The fourth-order valence-electron chi connectivity index (χ4n) is 2.98. The second-order valence-electron chi connectivity index (χ2n) is 9.76. The van der Waals surface area contributed by atoms with Crippen LogP contribution in [0.2, 0.25) is 0 Å². The second-order valence-corrected chi connectivity index (χ2v) is 15.3. The molecule has 0 fully saturated rings. The number of hydrogen-bond donors (Lipinski definition) is 0. The van der Waals surface area contributed by atoms with Crippen molar-refractivity contribution in [2.45, 2.75) is 75.0 Å². The Balaban J connectivity index is 0.000000518. The predicted octanol–water partition coefficient (Wildman–Crippen LogP) is 3.21. The van der Waals surface area contributed by atoms with Gasteiger partial charge in [0.25, 0.3) is 0 Å². The molecule has 0 saturated carbocycles. The van der Waals surface area contributed by atoms with Gasteiger partial charge in [-0.05, 0) is 60.8 Å². The van der Waals surface area contributed by atoms with Crippen molar-refractivity contribution in [3.63, 3.8) is 0 Å². The monoisotopic (exact) mass is 676 g/mol. The summed E-state index contributed by atoms with van der Waals surface area (Å²) in [5.74, 6) is 0. The van der Waals surface area contributed by atoms with E-state index in [1.54, 1.807) is 36.5 Å². The molecule has 3 aliphatic rings. The van der Waals surface area contributed by atoms with E-state index in [2.05, 4.69) is 0 Å². The predicted molar refractivity (Wildman–Crippen MR) is 143 cm³/mol. The molecule has 0 aromatic heterocycles. The van der Waals surface area contributed by atoms with Gasteiger partial charge in [0, 0.05) is 0 Å². The summed E-state index contributed by atoms with van der Waals surface area (Å²) < 4.78 is 93.3. The van der Waals surface area contributed by atoms with Crippen LogP contribution in [-0.2, 0) is 30.4 Å². The molecule has 0 saturated heterocycles. The Morgan fingerprint density at radius 1 is 0.541 bits per heavy atom. The molecule has 0 N–H and O–H groups in total. The second kappa shape index (κ2) is 12.9. The third-order valence-electron chi connectivity index (χ3n) is 6.30. The van der Waals surface area contributed by atoms with Crippen molar-refractivity contribution in [2.24, 2.45) is 0 Å². The van der Waals surface area contributed by atoms with Crippen molar-refractivity contribution < 1.29 is 38.9 Å². The first-order valence-electron chi connectivity index (χ1n) is 11.0. The zero-order valence-electron chi connectivity index (χ0n) is 21.8. The van der Waals surface area contributed by atoms with E-state index in [0.29, 0.717) is 0 Å². The zero-order chi connectivity index (χ0) is 28.2. The summed E-state index contributed by atoms with van der Waals surface area (Å²) in [7, 11) is -12.7. The first-order chi connectivity index (χ1) is 16.1. The topological polar surface area (TPSA) is 172 Å². The van der Waals surface area contributed by atoms with Crippen LogP contribution in [0.3, 0.4) is 0 Å². The molecule has 0 aromatic carbocycles. The van der Waals surface area contributed by atoms with Gasteiger partial charge in [0.15, 0.2) is 0 Å². The average Bonchev–Trinajstić information content (AvgIpc) is 2.73. The Labute approximate surface area is 240 Å². The Hall–Kier alpha value is -0.960. The summed E-state index contributed by atoms with van der Waals surface area (Å²) in [6.07, 6.45) is 15.5. The summed E-state index contributed by atoms with van der Waals surface area (Å²) in [4.78, 5) is 0. The van der Waals surface area contributed by atoms with Crippen LogP contribution in [0.15, 0.2) is 71.4 Å². The fraction of sp³-hybridized carbons (Fsp3) is 0.500. The third kappa shape index (κ3) is 9.94. The molecule has 9 nitrogen and oxygen atoms in total. The van der Waals surface area contributed by atoms with Crippen LogP contribution in [0.5, 0.6) is 0 Å². The number of rotatable bonds is 3. The molecule has 204 valence electrons. The molecule has 3 atom stereocenters. The summed E-state index contributed by atoms with van der Waals surface area (Å²) in [5, 5.41) is 0. The molecule has 0 spiro atoms.